The van der Waals surface area contributed by atoms with E-state index in [1.807, 2.05) is 32.0 Å². The first kappa shape index (κ1) is 14.4. The van der Waals surface area contributed by atoms with Gasteiger partial charge in [-0.1, -0.05) is 54.0 Å². The number of carbonyl (C=O) groups is 1. The number of rotatable bonds is 6. The summed E-state index contributed by atoms with van der Waals surface area (Å²) in [5.41, 5.74) is 2.32. The number of hydrogen-bond acceptors (Lipinski definition) is 2. The molecule has 0 aliphatic carbocycles. The van der Waals surface area contributed by atoms with Gasteiger partial charge in [0.25, 0.3) is 0 Å². The van der Waals surface area contributed by atoms with E-state index >= 15 is 0 Å². The van der Waals surface area contributed by atoms with Gasteiger partial charge in [-0.3, -0.25) is 4.79 Å². The number of Topliss-reactive ketones (excluding diaryl/α,β-unsaturated/α-hetero) is 1. The second-order valence-electron chi connectivity index (χ2n) is 4.43. The van der Waals surface area contributed by atoms with Gasteiger partial charge < -0.3 is 4.74 Å². The van der Waals surface area contributed by atoms with Gasteiger partial charge in [-0.25, -0.2) is 0 Å². The average Bonchev–Trinajstić information content (AvgIpc) is 2.30. The summed E-state index contributed by atoms with van der Waals surface area (Å²) in [4.78, 5) is 11.7. The van der Waals surface area contributed by atoms with Crippen molar-refractivity contribution in [1.82, 2.24) is 0 Å². The van der Waals surface area contributed by atoms with Gasteiger partial charge in [0.05, 0.1) is 11.4 Å². The van der Waals surface area contributed by atoms with Crippen molar-refractivity contribution in [2.24, 2.45) is 5.92 Å². The molecule has 1 unspecified atom stereocenters. The summed E-state index contributed by atoms with van der Waals surface area (Å²) in [6, 6.07) is 8.08. The van der Waals surface area contributed by atoms with E-state index in [2.05, 4.69) is 22.0 Å². The first-order valence-corrected chi connectivity index (χ1v) is 6.71. The van der Waals surface area contributed by atoms with E-state index < -0.39 is 0 Å². The molecular formula is C14H19BrO2. The Labute approximate surface area is 111 Å². The summed E-state index contributed by atoms with van der Waals surface area (Å²) in [5, 5.41) is 0. The minimum Gasteiger partial charge on any atom is -0.380 e. The molecule has 1 atom stereocenters. The fraction of sp³-hybridized carbons (Fsp3) is 0.500. The standard InChI is InChI=1S/C14H19BrO2/c1-10(2)14(16)13(15)8-11-6-4-5-7-12(11)9-17-3/h4-7,10,13H,8-9H2,1-3H3. The summed E-state index contributed by atoms with van der Waals surface area (Å²) in [6.07, 6.45) is 0.719. The average molecular weight is 299 g/mol. The molecule has 94 valence electrons. The number of benzene rings is 1. The number of alkyl halides is 1. The first-order chi connectivity index (χ1) is 8.06. The van der Waals surface area contributed by atoms with Crippen LogP contribution in [0.3, 0.4) is 0 Å². The Morgan fingerprint density at radius 2 is 1.88 bits per heavy atom. The van der Waals surface area contributed by atoms with Crippen LogP contribution in [-0.4, -0.2) is 17.7 Å². The van der Waals surface area contributed by atoms with Crippen LogP contribution in [0.5, 0.6) is 0 Å². The Morgan fingerprint density at radius 3 is 2.41 bits per heavy atom. The summed E-state index contributed by atoms with van der Waals surface area (Å²) in [7, 11) is 1.68. The smallest absolute Gasteiger partial charge is 0.149 e. The molecule has 1 aromatic rings. The quantitative estimate of drug-likeness (QED) is 0.753. The van der Waals surface area contributed by atoms with E-state index in [0.717, 1.165) is 12.0 Å². The SMILES string of the molecule is COCc1ccccc1CC(Br)C(=O)C(C)C. The van der Waals surface area contributed by atoms with Crippen LogP contribution in [0.4, 0.5) is 0 Å². The van der Waals surface area contributed by atoms with Crippen molar-refractivity contribution < 1.29 is 9.53 Å². The maximum Gasteiger partial charge on any atom is 0.149 e. The Bertz CT molecular complexity index is 374. The fourth-order valence-corrected chi connectivity index (χ4v) is 2.59. The van der Waals surface area contributed by atoms with E-state index in [1.165, 1.54) is 5.56 Å². The predicted molar refractivity (Wildman–Crippen MR) is 73.4 cm³/mol. The van der Waals surface area contributed by atoms with E-state index in [-0.39, 0.29) is 16.5 Å². The maximum atomic E-state index is 11.8. The molecule has 1 rings (SSSR count). The fourth-order valence-electron chi connectivity index (χ4n) is 1.71. The molecular weight excluding hydrogens is 280 g/mol. The van der Waals surface area contributed by atoms with Crippen LogP contribution in [0.25, 0.3) is 0 Å². The Balaban J connectivity index is 2.77. The van der Waals surface area contributed by atoms with E-state index in [4.69, 9.17) is 4.74 Å². The maximum absolute atomic E-state index is 11.8. The summed E-state index contributed by atoms with van der Waals surface area (Å²) in [6.45, 7) is 4.45. The molecule has 17 heavy (non-hydrogen) atoms. The zero-order valence-electron chi connectivity index (χ0n) is 10.6. The zero-order valence-corrected chi connectivity index (χ0v) is 12.2. The number of halogens is 1. The van der Waals surface area contributed by atoms with Crippen molar-refractivity contribution in [3.63, 3.8) is 0 Å². The Kier molecular flexibility index (Phi) is 5.86. The van der Waals surface area contributed by atoms with Crippen LogP contribution < -0.4 is 0 Å². The van der Waals surface area contributed by atoms with Gasteiger partial charge in [0.2, 0.25) is 0 Å². The lowest BCUT2D eigenvalue weighted by atomic mass is 9.98. The first-order valence-electron chi connectivity index (χ1n) is 5.79. The van der Waals surface area contributed by atoms with Crippen LogP contribution >= 0.6 is 15.9 Å². The van der Waals surface area contributed by atoms with Crippen molar-refractivity contribution in [3.05, 3.63) is 35.4 Å². The second-order valence-corrected chi connectivity index (χ2v) is 5.54. The molecule has 0 heterocycles. The lowest BCUT2D eigenvalue weighted by molar-refractivity contribution is -0.121. The third-order valence-corrected chi connectivity index (χ3v) is 3.47. The largest absolute Gasteiger partial charge is 0.380 e. The van der Waals surface area contributed by atoms with Gasteiger partial charge >= 0.3 is 0 Å². The summed E-state index contributed by atoms with van der Waals surface area (Å²) < 4.78 is 5.16. The Morgan fingerprint density at radius 1 is 1.29 bits per heavy atom. The van der Waals surface area contributed by atoms with Crippen molar-refractivity contribution in [2.45, 2.75) is 31.7 Å². The van der Waals surface area contributed by atoms with Crippen LogP contribution in [0.15, 0.2) is 24.3 Å². The lowest BCUT2D eigenvalue weighted by Crippen LogP contribution is -2.22. The number of hydrogen-bond donors (Lipinski definition) is 0. The molecule has 0 amide bonds. The Hall–Kier alpha value is -0.670. The number of methoxy groups -OCH3 is 1. The highest BCUT2D eigenvalue weighted by Crippen LogP contribution is 2.18. The van der Waals surface area contributed by atoms with Gasteiger partial charge in [0.1, 0.15) is 5.78 Å². The third-order valence-electron chi connectivity index (χ3n) is 2.70. The molecule has 0 aliphatic rings. The highest BCUT2D eigenvalue weighted by Gasteiger charge is 2.19. The predicted octanol–water partition coefficient (Wildman–Crippen LogP) is 3.36. The molecule has 0 spiro atoms. The highest BCUT2D eigenvalue weighted by atomic mass is 79.9. The van der Waals surface area contributed by atoms with Crippen molar-refractivity contribution in [1.29, 1.82) is 0 Å². The van der Waals surface area contributed by atoms with Crippen molar-refractivity contribution in [3.8, 4) is 0 Å². The number of ketones is 1. The van der Waals surface area contributed by atoms with E-state index in [0.29, 0.717) is 6.61 Å². The number of ether oxygens (including phenoxy) is 1. The molecule has 0 fully saturated rings. The van der Waals surface area contributed by atoms with Crippen molar-refractivity contribution in [2.75, 3.05) is 7.11 Å². The van der Waals surface area contributed by atoms with Gasteiger partial charge in [-0.05, 0) is 17.5 Å². The van der Waals surface area contributed by atoms with Gasteiger partial charge in [0, 0.05) is 13.0 Å². The van der Waals surface area contributed by atoms with E-state index in [1.54, 1.807) is 7.11 Å². The molecule has 3 heteroatoms. The van der Waals surface area contributed by atoms with Crippen LogP contribution in [0.1, 0.15) is 25.0 Å². The van der Waals surface area contributed by atoms with Crippen LogP contribution in [0.2, 0.25) is 0 Å². The van der Waals surface area contributed by atoms with Gasteiger partial charge in [0.15, 0.2) is 0 Å². The van der Waals surface area contributed by atoms with Crippen LogP contribution in [-0.2, 0) is 22.6 Å². The topological polar surface area (TPSA) is 26.3 Å². The molecule has 0 saturated heterocycles. The molecule has 2 nitrogen and oxygen atoms in total. The normalized spacial score (nSPS) is 12.8. The minimum atomic E-state index is -0.111. The highest BCUT2D eigenvalue weighted by molar-refractivity contribution is 9.10. The minimum absolute atomic E-state index is 0.0639. The molecule has 0 radical (unpaired) electrons. The van der Waals surface area contributed by atoms with Crippen molar-refractivity contribution >= 4 is 21.7 Å². The zero-order chi connectivity index (χ0) is 12.8. The molecule has 0 N–H and O–H groups in total. The molecule has 1 aromatic carbocycles. The number of carbonyl (C=O) groups excluding carboxylic acids is 1. The third kappa shape index (κ3) is 4.25. The van der Waals surface area contributed by atoms with Gasteiger partial charge in [-0.15, -0.1) is 0 Å². The summed E-state index contributed by atoms with van der Waals surface area (Å²) >= 11 is 3.48. The van der Waals surface area contributed by atoms with Gasteiger partial charge in [-0.2, -0.15) is 0 Å². The second kappa shape index (κ2) is 6.92. The molecule has 0 aliphatic heterocycles. The molecule has 0 bridgehead atoms. The van der Waals surface area contributed by atoms with Crippen LogP contribution in [0, 0.1) is 5.92 Å². The van der Waals surface area contributed by atoms with E-state index in [9.17, 15) is 4.79 Å². The molecule has 0 saturated carbocycles. The summed E-state index contributed by atoms with van der Waals surface area (Å²) in [5.74, 6) is 0.311. The monoisotopic (exact) mass is 298 g/mol. The molecule has 0 aromatic heterocycles. The lowest BCUT2D eigenvalue weighted by Gasteiger charge is -2.14.